The van der Waals surface area contributed by atoms with Crippen molar-refractivity contribution < 1.29 is 9.47 Å². The van der Waals surface area contributed by atoms with E-state index >= 15 is 0 Å². The lowest BCUT2D eigenvalue weighted by atomic mass is 10.1. The SMILES string of the molecule is COc1ccc(-c2cc(=O)[nH]c(N)n2)c(OC)c1. The summed E-state index contributed by atoms with van der Waals surface area (Å²) in [6.07, 6.45) is 0. The molecule has 1 aromatic heterocycles. The highest BCUT2D eigenvalue weighted by Crippen LogP contribution is 2.31. The molecule has 1 aromatic carbocycles. The first kappa shape index (κ1) is 12.0. The average Bonchev–Trinajstić information content (AvgIpc) is 2.36. The molecule has 0 aliphatic carbocycles. The van der Waals surface area contributed by atoms with Gasteiger partial charge in [-0.25, -0.2) is 4.98 Å². The molecule has 6 heteroatoms. The van der Waals surface area contributed by atoms with Crippen molar-refractivity contribution in [3.63, 3.8) is 0 Å². The molecule has 18 heavy (non-hydrogen) atoms. The molecule has 0 unspecified atom stereocenters. The van der Waals surface area contributed by atoms with Crippen LogP contribution in [0.15, 0.2) is 29.1 Å². The van der Waals surface area contributed by atoms with Crippen molar-refractivity contribution in [2.75, 3.05) is 20.0 Å². The fraction of sp³-hybridized carbons (Fsp3) is 0.167. The molecule has 0 spiro atoms. The molecule has 0 amide bonds. The van der Waals surface area contributed by atoms with Crippen LogP contribution in [0, 0.1) is 0 Å². The number of methoxy groups -OCH3 is 2. The number of aromatic nitrogens is 2. The van der Waals surface area contributed by atoms with Crippen LogP contribution in [-0.2, 0) is 0 Å². The molecule has 3 N–H and O–H groups in total. The molecule has 0 bridgehead atoms. The quantitative estimate of drug-likeness (QED) is 0.845. The van der Waals surface area contributed by atoms with Gasteiger partial charge in [-0.05, 0) is 12.1 Å². The molecule has 0 atom stereocenters. The zero-order chi connectivity index (χ0) is 13.1. The van der Waals surface area contributed by atoms with Gasteiger partial charge < -0.3 is 15.2 Å². The molecule has 0 aliphatic heterocycles. The number of nitrogens with two attached hydrogens (primary N) is 1. The van der Waals surface area contributed by atoms with Gasteiger partial charge >= 0.3 is 0 Å². The highest BCUT2D eigenvalue weighted by Gasteiger charge is 2.10. The van der Waals surface area contributed by atoms with Crippen molar-refractivity contribution in [3.05, 3.63) is 34.6 Å². The van der Waals surface area contributed by atoms with E-state index in [0.29, 0.717) is 22.8 Å². The smallest absolute Gasteiger partial charge is 0.252 e. The van der Waals surface area contributed by atoms with E-state index < -0.39 is 0 Å². The normalized spacial score (nSPS) is 10.1. The van der Waals surface area contributed by atoms with E-state index in [1.165, 1.54) is 13.2 Å². The lowest BCUT2D eigenvalue weighted by molar-refractivity contribution is 0.395. The van der Waals surface area contributed by atoms with Crippen LogP contribution in [0.25, 0.3) is 11.3 Å². The summed E-state index contributed by atoms with van der Waals surface area (Å²) in [5.74, 6) is 1.29. The van der Waals surface area contributed by atoms with Crippen molar-refractivity contribution in [3.8, 4) is 22.8 Å². The predicted molar refractivity (Wildman–Crippen MR) is 67.8 cm³/mol. The summed E-state index contributed by atoms with van der Waals surface area (Å²) in [5, 5.41) is 0. The molecule has 0 saturated heterocycles. The molecular formula is C12H13N3O3. The van der Waals surface area contributed by atoms with Crippen LogP contribution in [0.2, 0.25) is 0 Å². The molecule has 0 saturated carbocycles. The Bertz CT molecular complexity index is 622. The second kappa shape index (κ2) is 4.79. The average molecular weight is 247 g/mol. The van der Waals surface area contributed by atoms with Gasteiger partial charge in [0, 0.05) is 17.7 Å². The number of hydrogen-bond acceptors (Lipinski definition) is 5. The number of anilines is 1. The Hall–Kier alpha value is -2.50. The van der Waals surface area contributed by atoms with Crippen molar-refractivity contribution >= 4 is 5.95 Å². The van der Waals surface area contributed by atoms with Crippen LogP contribution in [0.1, 0.15) is 0 Å². The predicted octanol–water partition coefficient (Wildman–Crippen LogP) is 1.04. The maximum absolute atomic E-state index is 11.4. The number of hydrogen-bond donors (Lipinski definition) is 2. The molecule has 6 nitrogen and oxygen atoms in total. The summed E-state index contributed by atoms with van der Waals surface area (Å²) in [6.45, 7) is 0. The van der Waals surface area contributed by atoms with Gasteiger partial charge in [0.15, 0.2) is 0 Å². The molecule has 94 valence electrons. The number of aromatic amines is 1. The third-order valence-electron chi connectivity index (χ3n) is 2.44. The fourth-order valence-corrected chi connectivity index (χ4v) is 1.62. The first-order valence-corrected chi connectivity index (χ1v) is 5.23. The number of nitrogens with one attached hydrogen (secondary N) is 1. The number of rotatable bonds is 3. The minimum atomic E-state index is -0.310. The molecule has 0 aliphatic rings. The van der Waals surface area contributed by atoms with Crippen molar-refractivity contribution in [2.24, 2.45) is 0 Å². The summed E-state index contributed by atoms with van der Waals surface area (Å²) in [4.78, 5) is 17.8. The number of H-pyrrole nitrogens is 1. The van der Waals surface area contributed by atoms with Crippen molar-refractivity contribution in [1.29, 1.82) is 0 Å². The molecule has 0 fully saturated rings. The van der Waals surface area contributed by atoms with Gasteiger partial charge in [0.05, 0.1) is 19.9 Å². The first-order valence-electron chi connectivity index (χ1n) is 5.23. The zero-order valence-electron chi connectivity index (χ0n) is 10.1. The fourth-order valence-electron chi connectivity index (χ4n) is 1.62. The van der Waals surface area contributed by atoms with E-state index in [-0.39, 0.29) is 11.5 Å². The third kappa shape index (κ3) is 2.27. The molecule has 2 rings (SSSR count). The number of ether oxygens (including phenoxy) is 2. The topological polar surface area (TPSA) is 90.2 Å². The molecular weight excluding hydrogens is 234 g/mol. The highest BCUT2D eigenvalue weighted by atomic mass is 16.5. The van der Waals surface area contributed by atoms with Gasteiger partial charge in [0.25, 0.3) is 5.56 Å². The number of benzene rings is 1. The van der Waals surface area contributed by atoms with Gasteiger partial charge in [0.2, 0.25) is 5.95 Å². The van der Waals surface area contributed by atoms with Gasteiger partial charge in [-0.3, -0.25) is 9.78 Å². The Morgan fingerprint density at radius 1 is 1.22 bits per heavy atom. The molecule has 0 radical (unpaired) electrons. The van der Waals surface area contributed by atoms with Gasteiger partial charge in [-0.15, -0.1) is 0 Å². The minimum Gasteiger partial charge on any atom is -0.497 e. The van der Waals surface area contributed by atoms with Gasteiger partial charge in [0.1, 0.15) is 11.5 Å². The van der Waals surface area contributed by atoms with E-state index in [0.717, 1.165) is 0 Å². The second-order valence-corrected chi connectivity index (χ2v) is 3.58. The van der Waals surface area contributed by atoms with E-state index in [9.17, 15) is 4.79 Å². The third-order valence-corrected chi connectivity index (χ3v) is 2.44. The number of nitrogens with zero attached hydrogens (tertiary/aromatic N) is 1. The van der Waals surface area contributed by atoms with Crippen LogP contribution < -0.4 is 20.8 Å². The van der Waals surface area contributed by atoms with E-state index in [1.807, 2.05) is 0 Å². The largest absolute Gasteiger partial charge is 0.497 e. The maximum atomic E-state index is 11.4. The first-order chi connectivity index (χ1) is 8.63. The van der Waals surface area contributed by atoms with Crippen LogP contribution in [-0.4, -0.2) is 24.2 Å². The van der Waals surface area contributed by atoms with Crippen LogP contribution in [0.4, 0.5) is 5.95 Å². The Balaban J connectivity index is 2.59. The monoisotopic (exact) mass is 247 g/mol. The van der Waals surface area contributed by atoms with E-state index in [2.05, 4.69) is 9.97 Å². The Morgan fingerprint density at radius 2 is 2.00 bits per heavy atom. The zero-order valence-corrected chi connectivity index (χ0v) is 10.1. The highest BCUT2D eigenvalue weighted by molar-refractivity contribution is 5.68. The maximum Gasteiger partial charge on any atom is 0.252 e. The Labute approximate surface area is 103 Å². The van der Waals surface area contributed by atoms with Gasteiger partial charge in [-0.2, -0.15) is 0 Å². The molecule has 1 heterocycles. The minimum absolute atomic E-state index is 0.0652. The Morgan fingerprint density at radius 3 is 2.61 bits per heavy atom. The van der Waals surface area contributed by atoms with Crippen molar-refractivity contribution in [2.45, 2.75) is 0 Å². The van der Waals surface area contributed by atoms with E-state index in [4.69, 9.17) is 15.2 Å². The lowest BCUT2D eigenvalue weighted by Crippen LogP contribution is -2.10. The van der Waals surface area contributed by atoms with Crippen LogP contribution in [0.3, 0.4) is 0 Å². The van der Waals surface area contributed by atoms with Crippen molar-refractivity contribution in [1.82, 2.24) is 9.97 Å². The second-order valence-electron chi connectivity index (χ2n) is 3.58. The van der Waals surface area contributed by atoms with Gasteiger partial charge in [-0.1, -0.05) is 0 Å². The standard InChI is InChI=1S/C12H13N3O3/c1-17-7-3-4-8(10(5-7)18-2)9-6-11(16)15-12(13)14-9/h3-6H,1-2H3,(H3,13,14,15,16). The summed E-state index contributed by atoms with van der Waals surface area (Å²) >= 11 is 0. The summed E-state index contributed by atoms with van der Waals surface area (Å²) in [5.41, 5.74) is 6.33. The van der Waals surface area contributed by atoms with Crippen LogP contribution in [0.5, 0.6) is 11.5 Å². The number of nitrogen functional groups attached to an aromatic ring is 1. The summed E-state index contributed by atoms with van der Waals surface area (Å²) < 4.78 is 10.4. The lowest BCUT2D eigenvalue weighted by Gasteiger charge is -2.09. The Kier molecular flexibility index (Phi) is 3.18. The summed E-state index contributed by atoms with van der Waals surface area (Å²) in [6, 6.07) is 6.60. The van der Waals surface area contributed by atoms with Crippen LogP contribution >= 0.6 is 0 Å². The summed E-state index contributed by atoms with van der Waals surface area (Å²) in [7, 11) is 3.10. The molecule has 2 aromatic rings. The van der Waals surface area contributed by atoms with E-state index in [1.54, 1.807) is 25.3 Å².